The molecule has 0 spiro atoms. The summed E-state index contributed by atoms with van der Waals surface area (Å²) in [6, 6.07) is 7.04. The molecule has 14 heavy (non-hydrogen) atoms. The van der Waals surface area contributed by atoms with Crippen LogP contribution in [0.25, 0.3) is 0 Å². The van der Waals surface area contributed by atoms with Gasteiger partial charge in [0.25, 0.3) is 0 Å². The second kappa shape index (κ2) is 3.37. The van der Waals surface area contributed by atoms with Crippen LogP contribution in [0, 0.1) is 0 Å². The van der Waals surface area contributed by atoms with Gasteiger partial charge < -0.3 is 4.74 Å². The number of hydrogen-bond donors (Lipinski definition) is 0. The van der Waals surface area contributed by atoms with Gasteiger partial charge in [0.2, 0.25) is 0 Å². The summed E-state index contributed by atoms with van der Waals surface area (Å²) in [6.07, 6.45) is 1.22. The van der Waals surface area contributed by atoms with Gasteiger partial charge in [0.05, 0.1) is 18.1 Å². The van der Waals surface area contributed by atoms with Crippen LogP contribution in [0.2, 0.25) is 0 Å². The Morgan fingerprint density at radius 3 is 2.14 bits per heavy atom. The molecule has 0 atom stereocenters. The average molecular weight is 212 g/mol. The Kier molecular flexibility index (Phi) is 2.33. The topological polar surface area (TPSA) is 43.4 Å². The van der Waals surface area contributed by atoms with Crippen LogP contribution in [0.15, 0.2) is 29.2 Å². The third kappa shape index (κ3) is 1.81. The average Bonchev–Trinajstić information content (AvgIpc) is 2.00. The van der Waals surface area contributed by atoms with Crippen molar-refractivity contribution in [1.29, 1.82) is 0 Å². The summed E-state index contributed by atoms with van der Waals surface area (Å²) in [6.45, 7) is 1.50. The third-order valence-corrected chi connectivity index (χ3v) is 3.55. The van der Waals surface area contributed by atoms with Crippen LogP contribution < -0.4 is 0 Å². The zero-order chi connectivity index (χ0) is 10.2. The fourth-order valence-electron chi connectivity index (χ4n) is 1.42. The van der Waals surface area contributed by atoms with Crippen molar-refractivity contribution in [3.05, 3.63) is 29.8 Å². The molecule has 0 bridgehead atoms. The highest BCUT2D eigenvalue weighted by Crippen LogP contribution is 2.24. The second-order valence-corrected chi connectivity index (χ2v) is 5.59. The molecule has 1 fully saturated rings. The maximum Gasteiger partial charge on any atom is 0.175 e. The van der Waals surface area contributed by atoms with Gasteiger partial charge in [-0.05, 0) is 17.7 Å². The van der Waals surface area contributed by atoms with E-state index in [0.717, 1.165) is 18.8 Å². The normalized spacial score (nSPS) is 17.8. The van der Waals surface area contributed by atoms with Crippen LogP contribution in [0.1, 0.15) is 11.5 Å². The molecule has 1 aliphatic rings. The lowest BCUT2D eigenvalue weighted by molar-refractivity contribution is 0.00840. The first-order valence-electron chi connectivity index (χ1n) is 4.45. The van der Waals surface area contributed by atoms with Gasteiger partial charge >= 0.3 is 0 Å². The van der Waals surface area contributed by atoms with E-state index in [0.29, 0.717) is 10.8 Å². The van der Waals surface area contributed by atoms with E-state index in [4.69, 9.17) is 4.74 Å². The lowest BCUT2D eigenvalue weighted by Gasteiger charge is -2.26. The number of rotatable bonds is 2. The molecular weight excluding hydrogens is 200 g/mol. The van der Waals surface area contributed by atoms with Gasteiger partial charge in [-0.1, -0.05) is 12.1 Å². The van der Waals surface area contributed by atoms with Gasteiger partial charge in [-0.3, -0.25) is 0 Å². The summed E-state index contributed by atoms with van der Waals surface area (Å²) < 4.78 is 27.4. The van der Waals surface area contributed by atoms with E-state index in [1.807, 2.05) is 12.1 Å². The van der Waals surface area contributed by atoms with Crippen LogP contribution in [0.3, 0.4) is 0 Å². The van der Waals surface area contributed by atoms with Crippen LogP contribution in [-0.4, -0.2) is 27.9 Å². The quantitative estimate of drug-likeness (QED) is 0.740. The molecule has 1 heterocycles. The number of hydrogen-bond acceptors (Lipinski definition) is 3. The Morgan fingerprint density at radius 1 is 1.21 bits per heavy atom. The fourth-order valence-corrected chi connectivity index (χ4v) is 2.05. The molecule has 0 N–H and O–H groups in total. The molecule has 1 aromatic carbocycles. The SMILES string of the molecule is CS(=O)(=O)c1ccc(C2COC2)cc1. The summed E-state index contributed by atoms with van der Waals surface area (Å²) in [5.41, 5.74) is 1.16. The van der Waals surface area contributed by atoms with Crippen LogP contribution in [-0.2, 0) is 14.6 Å². The highest BCUT2D eigenvalue weighted by Gasteiger charge is 2.20. The van der Waals surface area contributed by atoms with Crippen molar-refractivity contribution < 1.29 is 13.2 Å². The predicted molar refractivity (Wildman–Crippen MR) is 53.1 cm³/mol. The van der Waals surface area contributed by atoms with Gasteiger partial charge in [0.1, 0.15) is 0 Å². The zero-order valence-electron chi connectivity index (χ0n) is 7.93. The van der Waals surface area contributed by atoms with Crippen molar-refractivity contribution in [1.82, 2.24) is 0 Å². The minimum absolute atomic E-state index is 0.376. The lowest BCUT2D eigenvalue weighted by Crippen LogP contribution is -2.24. The molecule has 0 aromatic heterocycles. The molecule has 0 radical (unpaired) electrons. The molecule has 0 saturated carbocycles. The van der Waals surface area contributed by atoms with Gasteiger partial charge in [-0.2, -0.15) is 0 Å². The Morgan fingerprint density at radius 2 is 1.79 bits per heavy atom. The first kappa shape index (κ1) is 9.68. The first-order chi connectivity index (χ1) is 6.57. The molecule has 1 aromatic rings. The lowest BCUT2D eigenvalue weighted by atomic mass is 9.98. The number of benzene rings is 1. The summed E-state index contributed by atoms with van der Waals surface area (Å²) in [5, 5.41) is 0. The van der Waals surface area contributed by atoms with Crippen molar-refractivity contribution in [3.8, 4) is 0 Å². The van der Waals surface area contributed by atoms with Crippen LogP contribution in [0.5, 0.6) is 0 Å². The van der Waals surface area contributed by atoms with Crippen LogP contribution >= 0.6 is 0 Å². The van der Waals surface area contributed by atoms with Gasteiger partial charge in [0.15, 0.2) is 9.84 Å². The molecule has 1 aliphatic heterocycles. The van der Waals surface area contributed by atoms with Crippen molar-refractivity contribution in [2.24, 2.45) is 0 Å². The second-order valence-electron chi connectivity index (χ2n) is 3.58. The van der Waals surface area contributed by atoms with Gasteiger partial charge in [-0.15, -0.1) is 0 Å². The summed E-state index contributed by atoms with van der Waals surface area (Å²) in [7, 11) is -3.07. The predicted octanol–water partition coefficient (Wildman–Crippen LogP) is 1.20. The third-order valence-electron chi connectivity index (χ3n) is 2.42. The van der Waals surface area contributed by atoms with Crippen molar-refractivity contribution in [2.45, 2.75) is 10.8 Å². The highest BCUT2D eigenvalue weighted by molar-refractivity contribution is 7.90. The minimum atomic E-state index is -3.07. The first-order valence-corrected chi connectivity index (χ1v) is 6.34. The van der Waals surface area contributed by atoms with E-state index in [9.17, 15) is 8.42 Å². The minimum Gasteiger partial charge on any atom is -0.380 e. The van der Waals surface area contributed by atoms with Gasteiger partial charge in [0, 0.05) is 12.2 Å². The fraction of sp³-hybridized carbons (Fsp3) is 0.400. The molecule has 0 unspecified atom stereocenters. The summed E-state index contributed by atoms with van der Waals surface area (Å²) >= 11 is 0. The van der Waals surface area contributed by atoms with E-state index in [2.05, 4.69) is 0 Å². The van der Waals surface area contributed by atoms with E-state index < -0.39 is 9.84 Å². The molecule has 76 valence electrons. The monoisotopic (exact) mass is 212 g/mol. The van der Waals surface area contributed by atoms with Crippen molar-refractivity contribution in [2.75, 3.05) is 19.5 Å². The Hall–Kier alpha value is -0.870. The molecular formula is C10H12O3S. The standard InChI is InChI=1S/C10H12O3S/c1-14(11,12)10-4-2-8(3-5-10)9-6-13-7-9/h2-5,9H,6-7H2,1H3. The van der Waals surface area contributed by atoms with E-state index in [1.165, 1.54) is 6.26 Å². The number of sulfone groups is 1. The summed E-state index contributed by atoms with van der Waals surface area (Å²) in [4.78, 5) is 0.376. The maximum atomic E-state index is 11.2. The van der Waals surface area contributed by atoms with Gasteiger partial charge in [-0.25, -0.2) is 8.42 Å². The molecule has 4 heteroatoms. The number of ether oxygens (including phenoxy) is 1. The van der Waals surface area contributed by atoms with E-state index in [-0.39, 0.29) is 0 Å². The van der Waals surface area contributed by atoms with Crippen molar-refractivity contribution in [3.63, 3.8) is 0 Å². The summed E-state index contributed by atoms with van der Waals surface area (Å²) in [5.74, 6) is 0.448. The maximum absolute atomic E-state index is 11.2. The van der Waals surface area contributed by atoms with Crippen molar-refractivity contribution >= 4 is 9.84 Å². The zero-order valence-corrected chi connectivity index (χ0v) is 8.75. The molecule has 0 amide bonds. The largest absolute Gasteiger partial charge is 0.380 e. The van der Waals surface area contributed by atoms with E-state index >= 15 is 0 Å². The van der Waals surface area contributed by atoms with Crippen LogP contribution in [0.4, 0.5) is 0 Å². The Labute approximate surface area is 83.6 Å². The molecule has 1 saturated heterocycles. The Bertz CT molecular complexity index is 415. The smallest absolute Gasteiger partial charge is 0.175 e. The van der Waals surface area contributed by atoms with E-state index in [1.54, 1.807) is 12.1 Å². The molecule has 0 aliphatic carbocycles. The molecule has 2 rings (SSSR count). The Balaban J connectivity index is 2.26. The molecule has 3 nitrogen and oxygen atoms in total. The highest BCUT2D eigenvalue weighted by atomic mass is 32.2.